The zero-order valence-electron chi connectivity index (χ0n) is 12.8. The van der Waals surface area contributed by atoms with Crippen LogP contribution in [0, 0.1) is 0 Å². The molecule has 4 heteroatoms. The topological polar surface area (TPSA) is 3.24 Å². The SMILES string of the molecule is CCc1ccc(-c2ccc(CN3CCC(F)(F)CC3)s2)cc1. The summed E-state index contributed by atoms with van der Waals surface area (Å²) in [5, 5.41) is 0. The number of hydrogen-bond donors (Lipinski definition) is 0. The number of hydrogen-bond acceptors (Lipinski definition) is 2. The zero-order valence-corrected chi connectivity index (χ0v) is 13.6. The fourth-order valence-corrected chi connectivity index (χ4v) is 3.84. The van der Waals surface area contributed by atoms with E-state index in [1.165, 1.54) is 20.9 Å². The molecule has 0 radical (unpaired) electrons. The summed E-state index contributed by atoms with van der Waals surface area (Å²) in [4.78, 5) is 4.63. The van der Waals surface area contributed by atoms with Crippen molar-refractivity contribution in [2.75, 3.05) is 13.1 Å². The summed E-state index contributed by atoms with van der Waals surface area (Å²) in [7, 11) is 0. The molecule has 0 unspecified atom stereocenters. The van der Waals surface area contributed by atoms with Crippen LogP contribution in [-0.4, -0.2) is 23.9 Å². The van der Waals surface area contributed by atoms with Crippen LogP contribution in [0.1, 0.15) is 30.2 Å². The quantitative estimate of drug-likeness (QED) is 0.747. The van der Waals surface area contributed by atoms with E-state index in [2.05, 4.69) is 48.2 Å². The fourth-order valence-electron chi connectivity index (χ4n) is 2.78. The summed E-state index contributed by atoms with van der Waals surface area (Å²) in [6.07, 6.45) is 1.03. The molecule has 1 saturated heterocycles. The summed E-state index contributed by atoms with van der Waals surface area (Å²) in [5.41, 5.74) is 2.58. The van der Waals surface area contributed by atoms with Crippen LogP contribution in [0.5, 0.6) is 0 Å². The monoisotopic (exact) mass is 321 g/mol. The second kappa shape index (κ2) is 6.47. The lowest BCUT2D eigenvalue weighted by atomic mass is 10.1. The average molecular weight is 321 g/mol. The minimum atomic E-state index is -2.46. The van der Waals surface area contributed by atoms with Gasteiger partial charge in [0.15, 0.2) is 0 Å². The first-order valence-electron chi connectivity index (χ1n) is 7.84. The first-order valence-corrected chi connectivity index (χ1v) is 8.65. The summed E-state index contributed by atoms with van der Waals surface area (Å²) in [6.45, 7) is 3.92. The maximum atomic E-state index is 13.2. The molecule has 0 amide bonds. The Balaban J connectivity index is 1.63. The lowest BCUT2D eigenvalue weighted by Crippen LogP contribution is -2.38. The maximum absolute atomic E-state index is 13.2. The number of thiophene rings is 1. The standard InChI is InChI=1S/C18H21F2NS/c1-2-14-3-5-15(6-4-14)17-8-7-16(22-17)13-21-11-9-18(19,20)10-12-21/h3-8H,2,9-13H2,1H3. The van der Waals surface area contributed by atoms with E-state index in [1.807, 2.05) is 0 Å². The Morgan fingerprint density at radius 3 is 2.36 bits per heavy atom. The van der Waals surface area contributed by atoms with Crippen molar-refractivity contribution >= 4 is 11.3 Å². The second-order valence-corrected chi connectivity index (χ2v) is 7.12. The van der Waals surface area contributed by atoms with Crippen LogP contribution in [-0.2, 0) is 13.0 Å². The number of halogens is 2. The van der Waals surface area contributed by atoms with E-state index in [4.69, 9.17) is 0 Å². The van der Waals surface area contributed by atoms with Crippen molar-refractivity contribution in [1.82, 2.24) is 4.90 Å². The highest BCUT2D eigenvalue weighted by molar-refractivity contribution is 7.15. The Morgan fingerprint density at radius 1 is 1.05 bits per heavy atom. The van der Waals surface area contributed by atoms with Crippen LogP contribution in [0.3, 0.4) is 0 Å². The molecule has 1 nitrogen and oxygen atoms in total. The van der Waals surface area contributed by atoms with Gasteiger partial charge < -0.3 is 0 Å². The van der Waals surface area contributed by atoms with E-state index >= 15 is 0 Å². The molecule has 0 bridgehead atoms. The third kappa shape index (κ3) is 3.73. The molecule has 0 aliphatic carbocycles. The van der Waals surface area contributed by atoms with E-state index in [0.29, 0.717) is 13.1 Å². The lowest BCUT2D eigenvalue weighted by Gasteiger charge is -2.31. The van der Waals surface area contributed by atoms with Crippen molar-refractivity contribution in [2.45, 2.75) is 38.7 Å². The number of piperidine rings is 1. The Hall–Kier alpha value is -1.26. The predicted molar refractivity (Wildman–Crippen MR) is 88.6 cm³/mol. The normalized spacial score (nSPS) is 18.5. The molecule has 3 rings (SSSR count). The minimum absolute atomic E-state index is 0.0102. The van der Waals surface area contributed by atoms with Crippen molar-refractivity contribution in [2.24, 2.45) is 0 Å². The molecular formula is C18H21F2NS. The average Bonchev–Trinajstić information content (AvgIpc) is 2.98. The van der Waals surface area contributed by atoms with Gasteiger partial charge in [0.2, 0.25) is 0 Å². The van der Waals surface area contributed by atoms with Gasteiger partial charge in [0.05, 0.1) is 0 Å². The van der Waals surface area contributed by atoms with Gasteiger partial charge in [-0.1, -0.05) is 31.2 Å². The number of benzene rings is 1. The van der Waals surface area contributed by atoms with Crippen LogP contribution < -0.4 is 0 Å². The molecule has 1 aromatic heterocycles. The van der Waals surface area contributed by atoms with Gasteiger partial charge in [0.1, 0.15) is 0 Å². The second-order valence-electron chi connectivity index (χ2n) is 5.95. The van der Waals surface area contributed by atoms with Crippen LogP contribution >= 0.6 is 11.3 Å². The van der Waals surface area contributed by atoms with E-state index in [9.17, 15) is 8.78 Å². The van der Waals surface area contributed by atoms with Gasteiger partial charge in [0.25, 0.3) is 5.92 Å². The Bertz CT molecular complexity index is 608. The first kappa shape index (κ1) is 15.6. The van der Waals surface area contributed by atoms with E-state index < -0.39 is 5.92 Å². The smallest absolute Gasteiger partial charge is 0.250 e. The van der Waals surface area contributed by atoms with Crippen molar-refractivity contribution in [3.8, 4) is 10.4 Å². The zero-order chi connectivity index (χ0) is 15.6. The molecule has 22 heavy (non-hydrogen) atoms. The van der Waals surface area contributed by atoms with Crippen LogP contribution in [0.2, 0.25) is 0 Å². The summed E-state index contributed by atoms with van der Waals surface area (Å²) in [6, 6.07) is 12.9. The molecule has 1 aliphatic rings. The molecule has 1 fully saturated rings. The molecule has 0 spiro atoms. The molecular weight excluding hydrogens is 300 g/mol. The van der Waals surface area contributed by atoms with Crippen molar-refractivity contribution in [3.63, 3.8) is 0 Å². The van der Waals surface area contributed by atoms with Gasteiger partial charge in [-0.25, -0.2) is 8.78 Å². The largest absolute Gasteiger partial charge is 0.298 e. The number of likely N-dealkylation sites (tertiary alicyclic amines) is 1. The molecule has 118 valence electrons. The third-order valence-corrected chi connectivity index (χ3v) is 5.39. The van der Waals surface area contributed by atoms with Crippen LogP contribution in [0.4, 0.5) is 8.78 Å². The van der Waals surface area contributed by atoms with Gasteiger partial charge >= 0.3 is 0 Å². The van der Waals surface area contributed by atoms with Crippen molar-refractivity contribution < 1.29 is 8.78 Å². The van der Waals surface area contributed by atoms with Gasteiger partial charge in [-0.2, -0.15) is 0 Å². The van der Waals surface area contributed by atoms with E-state index in [1.54, 1.807) is 11.3 Å². The lowest BCUT2D eigenvalue weighted by molar-refractivity contribution is -0.0564. The number of aryl methyl sites for hydroxylation is 1. The molecule has 0 N–H and O–H groups in total. The van der Waals surface area contributed by atoms with E-state index in [0.717, 1.165) is 13.0 Å². The number of nitrogens with zero attached hydrogens (tertiary/aromatic N) is 1. The van der Waals surface area contributed by atoms with Crippen molar-refractivity contribution in [3.05, 3.63) is 46.8 Å². The summed E-state index contributed by atoms with van der Waals surface area (Å²) >= 11 is 1.76. The Labute approximate surface area is 134 Å². The third-order valence-electron chi connectivity index (χ3n) is 4.28. The summed E-state index contributed by atoms with van der Waals surface area (Å²) in [5.74, 6) is -2.46. The van der Waals surface area contributed by atoms with Gasteiger partial charge in [0, 0.05) is 42.2 Å². The number of alkyl halides is 2. The maximum Gasteiger partial charge on any atom is 0.250 e. The molecule has 0 atom stereocenters. The highest BCUT2D eigenvalue weighted by atomic mass is 32.1. The molecule has 1 aliphatic heterocycles. The molecule has 1 aromatic carbocycles. The van der Waals surface area contributed by atoms with Crippen LogP contribution in [0.15, 0.2) is 36.4 Å². The fraction of sp³-hybridized carbons (Fsp3) is 0.444. The minimum Gasteiger partial charge on any atom is -0.298 e. The predicted octanol–water partition coefficient (Wildman–Crippen LogP) is 5.21. The van der Waals surface area contributed by atoms with E-state index in [-0.39, 0.29) is 12.8 Å². The molecule has 0 saturated carbocycles. The molecule has 2 aromatic rings. The number of rotatable bonds is 4. The van der Waals surface area contributed by atoms with Gasteiger partial charge in [-0.3, -0.25) is 4.90 Å². The molecule has 2 heterocycles. The van der Waals surface area contributed by atoms with Crippen molar-refractivity contribution in [1.29, 1.82) is 0 Å². The highest BCUT2D eigenvalue weighted by Gasteiger charge is 2.33. The Kier molecular flexibility index (Phi) is 4.59. The first-order chi connectivity index (χ1) is 10.6. The highest BCUT2D eigenvalue weighted by Crippen LogP contribution is 2.32. The van der Waals surface area contributed by atoms with Gasteiger partial charge in [-0.05, 0) is 29.7 Å². The van der Waals surface area contributed by atoms with Gasteiger partial charge in [-0.15, -0.1) is 11.3 Å². The summed E-state index contributed by atoms with van der Waals surface area (Å²) < 4.78 is 26.4. The Morgan fingerprint density at radius 2 is 1.73 bits per heavy atom. The van der Waals surface area contributed by atoms with Crippen LogP contribution in [0.25, 0.3) is 10.4 Å².